The Morgan fingerprint density at radius 3 is 2.48 bits per heavy atom. The van der Waals surface area contributed by atoms with Gasteiger partial charge in [-0.3, -0.25) is 4.79 Å². The monoisotopic (exact) mass is 361 g/mol. The molecule has 7 heteroatoms. The van der Waals surface area contributed by atoms with Crippen molar-refractivity contribution in [2.75, 3.05) is 13.1 Å². The molecule has 25 heavy (non-hydrogen) atoms. The molecule has 1 fully saturated rings. The summed E-state index contributed by atoms with van der Waals surface area (Å²) in [4.78, 5) is 11.1. The molecule has 2 aromatic carbocycles. The minimum absolute atomic E-state index is 0.0131. The van der Waals surface area contributed by atoms with Crippen LogP contribution in [0.3, 0.4) is 0 Å². The van der Waals surface area contributed by atoms with Gasteiger partial charge in [-0.05, 0) is 55.3 Å². The van der Waals surface area contributed by atoms with Crippen molar-refractivity contribution < 1.29 is 23.1 Å². The van der Waals surface area contributed by atoms with Crippen LogP contribution in [-0.4, -0.2) is 36.9 Å². The average Bonchev–Trinajstić information content (AvgIpc) is 3.06. The molecule has 0 aliphatic carbocycles. The lowest BCUT2D eigenvalue weighted by molar-refractivity contribution is -0.141. The third kappa shape index (κ3) is 3.83. The van der Waals surface area contributed by atoms with Crippen LogP contribution in [-0.2, 0) is 14.8 Å². The summed E-state index contributed by atoms with van der Waals surface area (Å²) in [7, 11) is -3.69. The van der Waals surface area contributed by atoms with Crippen molar-refractivity contribution in [2.24, 2.45) is 5.92 Å². The first-order valence-corrected chi connectivity index (χ1v) is 9.38. The van der Waals surface area contributed by atoms with Crippen molar-refractivity contribution >= 4 is 16.0 Å². The van der Waals surface area contributed by atoms with E-state index in [2.05, 4.69) is 0 Å². The van der Waals surface area contributed by atoms with E-state index in [0.717, 1.165) is 5.56 Å². The number of rotatable bonds is 5. The van der Waals surface area contributed by atoms with E-state index in [1.54, 1.807) is 12.1 Å². The fourth-order valence-corrected chi connectivity index (χ4v) is 4.29. The largest absolute Gasteiger partial charge is 0.481 e. The molecule has 3 rings (SSSR count). The van der Waals surface area contributed by atoms with Gasteiger partial charge >= 0.3 is 5.97 Å². The van der Waals surface area contributed by atoms with Crippen LogP contribution in [0.2, 0.25) is 0 Å². The Kier molecular flexibility index (Phi) is 4.78. The smallest absolute Gasteiger partial charge is 0.307 e. The normalized spacial score (nSPS) is 18.2. The molecular formula is C18H19NO5S. The number of aliphatic carboxylic acids is 1. The van der Waals surface area contributed by atoms with E-state index < -0.39 is 21.9 Å². The highest BCUT2D eigenvalue weighted by Crippen LogP contribution is 2.27. The second-order valence-corrected chi connectivity index (χ2v) is 8.01. The Bertz CT molecular complexity index is 877. The summed E-state index contributed by atoms with van der Waals surface area (Å²) >= 11 is 0. The highest BCUT2D eigenvalue weighted by molar-refractivity contribution is 7.89. The number of benzene rings is 2. The molecule has 0 saturated carbocycles. The van der Waals surface area contributed by atoms with Crippen LogP contribution in [0.1, 0.15) is 12.0 Å². The van der Waals surface area contributed by atoms with Gasteiger partial charge in [0, 0.05) is 13.1 Å². The zero-order chi connectivity index (χ0) is 18.0. The van der Waals surface area contributed by atoms with Crippen LogP contribution in [0.4, 0.5) is 0 Å². The first-order valence-electron chi connectivity index (χ1n) is 7.94. The van der Waals surface area contributed by atoms with Gasteiger partial charge < -0.3 is 9.84 Å². The maximum Gasteiger partial charge on any atom is 0.307 e. The van der Waals surface area contributed by atoms with Crippen LogP contribution >= 0.6 is 0 Å². The second-order valence-electron chi connectivity index (χ2n) is 6.08. The minimum atomic E-state index is -3.69. The molecule has 0 aromatic heterocycles. The molecular weight excluding hydrogens is 342 g/mol. The molecule has 1 unspecified atom stereocenters. The number of carboxylic acid groups (broad SMARTS) is 1. The number of sulfonamides is 1. The predicted octanol–water partition coefficient (Wildman–Crippen LogP) is 2.88. The Morgan fingerprint density at radius 2 is 1.88 bits per heavy atom. The maximum absolute atomic E-state index is 12.6. The lowest BCUT2D eigenvalue weighted by Crippen LogP contribution is -2.30. The Hall–Kier alpha value is -2.38. The molecule has 1 aliphatic rings. The van der Waals surface area contributed by atoms with E-state index in [1.165, 1.54) is 16.4 Å². The molecule has 1 atom stereocenters. The van der Waals surface area contributed by atoms with Gasteiger partial charge in [0.05, 0.1) is 10.8 Å². The van der Waals surface area contributed by atoms with Gasteiger partial charge in [0.15, 0.2) is 0 Å². The van der Waals surface area contributed by atoms with E-state index in [-0.39, 0.29) is 18.0 Å². The van der Waals surface area contributed by atoms with Crippen LogP contribution < -0.4 is 4.74 Å². The van der Waals surface area contributed by atoms with Crippen LogP contribution in [0.15, 0.2) is 53.4 Å². The van der Waals surface area contributed by atoms with E-state index in [1.807, 2.05) is 31.2 Å². The molecule has 0 radical (unpaired) electrons. The Morgan fingerprint density at radius 1 is 1.16 bits per heavy atom. The van der Waals surface area contributed by atoms with Crippen LogP contribution in [0.25, 0.3) is 0 Å². The number of nitrogens with zero attached hydrogens (tertiary/aromatic N) is 1. The molecule has 0 amide bonds. The van der Waals surface area contributed by atoms with Crippen LogP contribution in [0, 0.1) is 12.8 Å². The lowest BCUT2D eigenvalue weighted by atomic mass is 10.1. The average molecular weight is 361 g/mol. The highest BCUT2D eigenvalue weighted by Gasteiger charge is 2.35. The highest BCUT2D eigenvalue weighted by atomic mass is 32.2. The lowest BCUT2D eigenvalue weighted by Gasteiger charge is -2.16. The molecule has 1 aliphatic heterocycles. The summed E-state index contributed by atoms with van der Waals surface area (Å²) < 4.78 is 32.2. The van der Waals surface area contributed by atoms with Gasteiger partial charge in [-0.25, -0.2) is 8.42 Å². The van der Waals surface area contributed by atoms with Crippen LogP contribution in [0.5, 0.6) is 11.5 Å². The molecule has 1 N–H and O–H groups in total. The first-order chi connectivity index (χ1) is 11.9. The standard InChI is InChI=1S/C18H19NO5S/c1-13-3-2-4-16(11-13)24-15-5-7-17(8-6-15)25(22,23)19-10-9-14(12-19)18(20)21/h2-8,11,14H,9-10,12H2,1H3,(H,20,21). The topological polar surface area (TPSA) is 83.9 Å². The number of aryl methyl sites for hydroxylation is 1. The van der Waals surface area contributed by atoms with Gasteiger partial charge in [0.25, 0.3) is 0 Å². The summed E-state index contributed by atoms with van der Waals surface area (Å²) in [6, 6.07) is 13.7. The van der Waals surface area contributed by atoms with E-state index in [9.17, 15) is 13.2 Å². The van der Waals surface area contributed by atoms with Crippen molar-refractivity contribution in [2.45, 2.75) is 18.2 Å². The zero-order valence-corrected chi connectivity index (χ0v) is 14.6. The molecule has 1 saturated heterocycles. The molecule has 0 bridgehead atoms. The number of carbonyl (C=O) groups is 1. The summed E-state index contributed by atoms with van der Waals surface area (Å²) in [6.45, 7) is 2.20. The molecule has 132 valence electrons. The van der Waals surface area contributed by atoms with Crippen molar-refractivity contribution in [1.29, 1.82) is 0 Å². The summed E-state index contributed by atoms with van der Waals surface area (Å²) in [6.07, 6.45) is 0.336. The third-order valence-electron chi connectivity index (χ3n) is 4.19. The summed E-state index contributed by atoms with van der Waals surface area (Å²) in [5.74, 6) is -0.382. The molecule has 2 aromatic rings. The number of hydrogen-bond acceptors (Lipinski definition) is 4. The van der Waals surface area contributed by atoms with E-state index >= 15 is 0 Å². The number of ether oxygens (including phenoxy) is 1. The quantitative estimate of drug-likeness (QED) is 0.885. The molecule has 1 heterocycles. The van der Waals surface area contributed by atoms with E-state index in [0.29, 0.717) is 17.9 Å². The predicted molar refractivity (Wildman–Crippen MR) is 92.2 cm³/mol. The summed E-state index contributed by atoms with van der Waals surface area (Å²) in [5, 5.41) is 9.03. The Labute approximate surface area is 146 Å². The SMILES string of the molecule is Cc1cccc(Oc2ccc(S(=O)(=O)N3CCC(C(=O)O)C3)cc2)c1. The first kappa shape index (κ1) is 17.4. The van der Waals surface area contributed by atoms with Crippen molar-refractivity contribution in [1.82, 2.24) is 4.31 Å². The minimum Gasteiger partial charge on any atom is -0.481 e. The number of carboxylic acids is 1. The van der Waals surface area contributed by atoms with Gasteiger partial charge in [-0.15, -0.1) is 0 Å². The third-order valence-corrected chi connectivity index (χ3v) is 6.07. The fourth-order valence-electron chi connectivity index (χ4n) is 2.79. The second kappa shape index (κ2) is 6.85. The Balaban J connectivity index is 1.74. The maximum atomic E-state index is 12.6. The summed E-state index contributed by atoms with van der Waals surface area (Å²) in [5.41, 5.74) is 1.07. The molecule has 6 nitrogen and oxygen atoms in total. The van der Waals surface area contributed by atoms with Gasteiger partial charge in [-0.2, -0.15) is 4.31 Å². The van der Waals surface area contributed by atoms with Crippen molar-refractivity contribution in [3.05, 3.63) is 54.1 Å². The molecule has 0 spiro atoms. The van der Waals surface area contributed by atoms with Gasteiger partial charge in [0.2, 0.25) is 10.0 Å². The van der Waals surface area contributed by atoms with Crippen molar-refractivity contribution in [3.8, 4) is 11.5 Å². The number of hydrogen-bond donors (Lipinski definition) is 1. The fraction of sp³-hybridized carbons (Fsp3) is 0.278. The van der Waals surface area contributed by atoms with E-state index in [4.69, 9.17) is 9.84 Å². The van der Waals surface area contributed by atoms with Gasteiger partial charge in [-0.1, -0.05) is 12.1 Å². The van der Waals surface area contributed by atoms with Crippen molar-refractivity contribution in [3.63, 3.8) is 0 Å². The zero-order valence-electron chi connectivity index (χ0n) is 13.8. The van der Waals surface area contributed by atoms with Gasteiger partial charge in [0.1, 0.15) is 11.5 Å².